The molecule has 5 nitrogen and oxygen atoms in total. The first-order valence-corrected chi connectivity index (χ1v) is 7.34. The van der Waals surface area contributed by atoms with Gasteiger partial charge in [-0.15, -0.1) is 24.8 Å². The lowest BCUT2D eigenvalue weighted by molar-refractivity contribution is 0.172. The second-order valence-electron chi connectivity index (χ2n) is 5.61. The fraction of sp³-hybridized carbons (Fsp3) is 0.533. The SMILES string of the molecule is Cl.Cl.NCCc1nc2cc3c(cc2n1CC1CC1)OCCO3. The molecule has 4 rings (SSSR count). The second kappa shape index (κ2) is 6.94. The summed E-state index contributed by atoms with van der Waals surface area (Å²) in [7, 11) is 0. The first-order valence-electron chi connectivity index (χ1n) is 7.34. The van der Waals surface area contributed by atoms with Crippen LogP contribution in [0.4, 0.5) is 0 Å². The maximum Gasteiger partial charge on any atom is 0.163 e. The fourth-order valence-corrected chi connectivity index (χ4v) is 2.79. The molecule has 0 bridgehead atoms. The number of fused-ring (bicyclic) bond motifs is 2. The van der Waals surface area contributed by atoms with E-state index in [2.05, 4.69) is 10.6 Å². The fourth-order valence-electron chi connectivity index (χ4n) is 2.79. The molecular formula is C15H21Cl2N3O2. The van der Waals surface area contributed by atoms with E-state index >= 15 is 0 Å². The van der Waals surface area contributed by atoms with Gasteiger partial charge in [0, 0.05) is 25.1 Å². The van der Waals surface area contributed by atoms with Gasteiger partial charge < -0.3 is 19.8 Å². The van der Waals surface area contributed by atoms with Crippen LogP contribution in [-0.4, -0.2) is 29.3 Å². The number of ether oxygens (including phenoxy) is 2. The molecule has 2 N–H and O–H groups in total. The summed E-state index contributed by atoms with van der Waals surface area (Å²) in [6, 6.07) is 4.06. The molecule has 0 atom stereocenters. The van der Waals surface area contributed by atoms with E-state index in [9.17, 15) is 0 Å². The lowest BCUT2D eigenvalue weighted by Crippen LogP contribution is -2.15. The average Bonchev–Trinajstić information content (AvgIpc) is 3.22. The lowest BCUT2D eigenvalue weighted by atomic mass is 10.2. The molecule has 2 heterocycles. The Morgan fingerprint density at radius 2 is 1.82 bits per heavy atom. The second-order valence-corrected chi connectivity index (χ2v) is 5.61. The van der Waals surface area contributed by atoms with Crippen LogP contribution in [-0.2, 0) is 13.0 Å². The van der Waals surface area contributed by atoms with Gasteiger partial charge in [-0.05, 0) is 25.3 Å². The zero-order valence-corrected chi connectivity index (χ0v) is 13.9. The maximum atomic E-state index is 5.72. The van der Waals surface area contributed by atoms with Crippen LogP contribution in [0, 0.1) is 5.92 Å². The first kappa shape index (κ1) is 17.2. The van der Waals surface area contributed by atoms with E-state index in [1.54, 1.807) is 0 Å². The summed E-state index contributed by atoms with van der Waals surface area (Å²) in [6.07, 6.45) is 3.46. The van der Waals surface area contributed by atoms with Crippen molar-refractivity contribution < 1.29 is 9.47 Å². The van der Waals surface area contributed by atoms with Gasteiger partial charge in [0.05, 0.1) is 11.0 Å². The molecule has 0 spiro atoms. The van der Waals surface area contributed by atoms with Crippen LogP contribution in [0.3, 0.4) is 0 Å². The molecule has 1 aromatic carbocycles. The lowest BCUT2D eigenvalue weighted by Gasteiger charge is -2.18. The molecule has 1 saturated carbocycles. The summed E-state index contributed by atoms with van der Waals surface area (Å²) in [5.41, 5.74) is 7.84. The number of rotatable bonds is 4. The van der Waals surface area contributed by atoms with Gasteiger partial charge in [-0.3, -0.25) is 0 Å². The molecular weight excluding hydrogens is 325 g/mol. The molecule has 122 valence electrons. The van der Waals surface area contributed by atoms with Crippen molar-refractivity contribution in [3.63, 3.8) is 0 Å². The van der Waals surface area contributed by atoms with Crippen LogP contribution in [0.25, 0.3) is 11.0 Å². The third-order valence-corrected chi connectivity index (χ3v) is 4.00. The van der Waals surface area contributed by atoms with Crippen LogP contribution in [0.1, 0.15) is 18.7 Å². The van der Waals surface area contributed by atoms with E-state index < -0.39 is 0 Å². The molecule has 1 fully saturated rings. The van der Waals surface area contributed by atoms with Gasteiger partial charge in [-0.1, -0.05) is 0 Å². The van der Waals surface area contributed by atoms with Gasteiger partial charge in [-0.25, -0.2) is 4.98 Å². The summed E-state index contributed by atoms with van der Waals surface area (Å²) in [5.74, 6) is 3.52. The van der Waals surface area contributed by atoms with E-state index in [0.29, 0.717) is 19.8 Å². The predicted molar refractivity (Wildman–Crippen MR) is 90.7 cm³/mol. The topological polar surface area (TPSA) is 62.3 Å². The zero-order chi connectivity index (χ0) is 13.5. The number of nitrogens with zero attached hydrogens (tertiary/aromatic N) is 2. The van der Waals surface area contributed by atoms with Gasteiger partial charge >= 0.3 is 0 Å². The van der Waals surface area contributed by atoms with E-state index in [1.165, 1.54) is 12.8 Å². The van der Waals surface area contributed by atoms with Gasteiger partial charge in [0.1, 0.15) is 19.0 Å². The summed E-state index contributed by atoms with van der Waals surface area (Å²) < 4.78 is 13.6. The van der Waals surface area contributed by atoms with Crippen molar-refractivity contribution in [1.82, 2.24) is 9.55 Å². The molecule has 0 unspecified atom stereocenters. The van der Waals surface area contributed by atoms with Crippen molar-refractivity contribution >= 4 is 35.8 Å². The predicted octanol–water partition coefficient (Wildman–Crippen LogP) is 2.56. The Balaban J connectivity index is 0.000000882. The standard InChI is InChI=1S/C15H19N3O2.2ClH/c16-4-3-15-17-11-7-13-14(20-6-5-19-13)8-12(11)18(15)9-10-1-2-10;;/h7-8,10H,1-6,9,16H2;2*1H. The minimum Gasteiger partial charge on any atom is -0.486 e. The molecule has 2 aliphatic rings. The Morgan fingerprint density at radius 1 is 1.14 bits per heavy atom. The van der Waals surface area contributed by atoms with Crippen LogP contribution in [0.2, 0.25) is 0 Å². The highest BCUT2D eigenvalue weighted by molar-refractivity contribution is 5.85. The highest BCUT2D eigenvalue weighted by atomic mass is 35.5. The molecule has 1 aliphatic carbocycles. The van der Waals surface area contributed by atoms with Crippen molar-refractivity contribution in [2.75, 3.05) is 19.8 Å². The molecule has 0 radical (unpaired) electrons. The number of halogens is 2. The molecule has 1 aromatic heterocycles. The third-order valence-electron chi connectivity index (χ3n) is 4.00. The van der Waals surface area contributed by atoms with Crippen molar-refractivity contribution in [2.24, 2.45) is 11.7 Å². The van der Waals surface area contributed by atoms with E-state index in [1.807, 2.05) is 6.07 Å². The number of nitrogens with two attached hydrogens (primary N) is 1. The number of hydrogen-bond donors (Lipinski definition) is 1. The molecule has 7 heteroatoms. The van der Waals surface area contributed by atoms with Gasteiger partial charge in [-0.2, -0.15) is 0 Å². The van der Waals surface area contributed by atoms with Crippen LogP contribution in [0.15, 0.2) is 12.1 Å². The first-order chi connectivity index (χ1) is 9.85. The van der Waals surface area contributed by atoms with Crippen molar-refractivity contribution in [2.45, 2.75) is 25.8 Å². The average molecular weight is 346 g/mol. The van der Waals surface area contributed by atoms with E-state index in [4.69, 9.17) is 20.2 Å². The third kappa shape index (κ3) is 3.12. The van der Waals surface area contributed by atoms with Crippen LogP contribution < -0.4 is 15.2 Å². The Hall–Kier alpha value is -1.17. The molecule has 0 saturated heterocycles. The summed E-state index contributed by atoms with van der Waals surface area (Å²) >= 11 is 0. The Bertz CT molecular complexity index is 656. The molecule has 1 aliphatic heterocycles. The van der Waals surface area contributed by atoms with Crippen molar-refractivity contribution in [3.05, 3.63) is 18.0 Å². The van der Waals surface area contributed by atoms with Gasteiger partial charge in [0.25, 0.3) is 0 Å². The molecule has 22 heavy (non-hydrogen) atoms. The Kier molecular flexibility index (Phi) is 5.42. The zero-order valence-electron chi connectivity index (χ0n) is 12.3. The monoisotopic (exact) mass is 345 g/mol. The Labute approximate surface area is 142 Å². The summed E-state index contributed by atoms with van der Waals surface area (Å²) in [5, 5.41) is 0. The number of imidazole rings is 1. The van der Waals surface area contributed by atoms with Crippen LogP contribution in [0.5, 0.6) is 11.5 Å². The quantitative estimate of drug-likeness (QED) is 0.924. The number of aromatic nitrogens is 2. The smallest absolute Gasteiger partial charge is 0.163 e. The largest absolute Gasteiger partial charge is 0.486 e. The summed E-state index contributed by atoms with van der Waals surface area (Å²) in [6.45, 7) is 2.90. The normalized spacial score (nSPS) is 16.0. The van der Waals surface area contributed by atoms with Crippen LogP contribution >= 0.6 is 24.8 Å². The van der Waals surface area contributed by atoms with Crippen molar-refractivity contribution in [1.29, 1.82) is 0 Å². The Morgan fingerprint density at radius 3 is 2.45 bits per heavy atom. The summed E-state index contributed by atoms with van der Waals surface area (Å²) in [4.78, 5) is 4.74. The highest BCUT2D eigenvalue weighted by Gasteiger charge is 2.25. The highest BCUT2D eigenvalue weighted by Crippen LogP contribution is 2.37. The van der Waals surface area contributed by atoms with E-state index in [-0.39, 0.29) is 24.8 Å². The van der Waals surface area contributed by atoms with E-state index in [0.717, 1.165) is 47.2 Å². The van der Waals surface area contributed by atoms with Gasteiger partial charge in [0.2, 0.25) is 0 Å². The number of hydrogen-bond acceptors (Lipinski definition) is 4. The minimum absolute atomic E-state index is 0. The molecule has 0 amide bonds. The maximum absolute atomic E-state index is 5.72. The number of benzene rings is 1. The minimum atomic E-state index is 0. The van der Waals surface area contributed by atoms with Crippen molar-refractivity contribution in [3.8, 4) is 11.5 Å². The van der Waals surface area contributed by atoms with Gasteiger partial charge in [0.15, 0.2) is 11.5 Å². The molecule has 2 aromatic rings.